The Balaban J connectivity index is 1.80. The number of fused-ring (bicyclic) bond motifs is 1. The second-order valence-electron chi connectivity index (χ2n) is 7.27. The van der Waals surface area contributed by atoms with Crippen molar-refractivity contribution in [1.82, 2.24) is 4.57 Å². The van der Waals surface area contributed by atoms with Crippen LogP contribution in [0.4, 0.5) is 4.39 Å². The van der Waals surface area contributed by atoms with Gasteiger partial charge in [-0.2, -0.15) is 10.2 Å². The van der Waals surface area contributed by atoms with Crippen molar-refractivity contribution >= 4 is 29.3 Å². The average Bonchev–Trinajstić information content (AvgIpc) is 3.21. The maximum Gasteiger partial charge on any atom is 0.323 e. The van der Waals surface area contributed by atoms with Crippen LogP contribution in [-0.2, 0) is 24.2 Å². The highest BCUT2D eigenvalue weighted by atomic mass is 19.1. The Kier molecular flexibility index (Phi) is 4.55. The van der Waals surface area contributed by atoms with Crippen LogP contribution in [0.25, 0.3) is 10.9 Å². The van der Waals surface area contributed by atoms with E-state index in [4.69, 9.17) is 0 Å². The van der Waals surface area contributed by atoms with Crippen molar-refractivity contribution in [2.45, 2.75) is 26.3 Å². The summed E-state index contributed by atoms with van der Waals surface area (Å²) in [6.45, 7) is 1.72. The fourth-order valence-corrected chi connectivity index (χ4v) is 3.97. The molecule has 0 spiro atoms. The van der Waals surface area contributed by atoms with E-state index >= 15 is 0 Å². The number of halogens is 1. The van der Waals surface area contributed by atoms with E-state index in [0.29, 0.717) is 12.8 Å². The van der Waals surface area contributed by atoms with Crippen molar-refractivity contribution in [1.29, 1.82) is 0 Å². The smallest absolute Gasteiger partial charge is 0.323 e. The SMILES string of the molecule is Cc1c(CC2(Cc3ccccc3)C=NN=C2)c2cc(F)ccc2n1CC(=O)O. The van der Waals surface area contributed by atoms with Gasteiger partial charge in [0.1, 0.15) is 12.4 Å². The predicted octanol–water partition coefficient (Wildman–Crippen LogP) is 4.02. The van der Waals surface area contributed by atoms with Crippen molar-refractivity contribution < 1.29 is 14.3 Å². The van der Waals surface area contributed by atoms with E-state index in [1.165, 1.54) is 12.1 Å². The van der Waals surface area contributed by atoms with Gasteiger partial charge in [0.05, 0.1) is 5.41 Å². The molecule has 1 aromatic heterocycles. The average molecular weight is 377 g/mol. The molecule has 0 bridgehead atoms. The van der Waals surface area contributed by atoms with Crippen LogP contribution in [-0.4, -0.2) is 28.1 Å². The first kappa shape index (κ1) is 18.1. The molecule has 1 N–H and O–H groups in total. The van der Waals surface area contributed by atoms with Gasteiger partial charge in [-0.1, -0.05) is 30.3 Å². The van der Waals surface area contributed by atoms with Crippen LogP contribution >= 0.6 is 0 Å². The van der Waals surface area contributed by atoms with Crippen molar-refractivity contribution in [3.05, 3.63) is 71.2 Å². The first-order chi connectivity index (χ1) is 13.5. The molecule has 0 saturated carbocycles. The Morgan fingerprint density at radius 1 is 1.11 bits per heavy atom. The van der Waals surface area contributed by atoms with Crippen LogP contribution in [0.3, 0.4) is 0 Å². The van der Waals surface area contributed by atoms with E-state index in [0.717, 1.165) is 27.7 Å². The lowest BCUT2D eigenvalue weighted by Gasteiger charge is -2.23. The molecule has 0 saturated heterocycles. The van der Waals surface area contributed by atoms with Crippen LogP contribution in [0, 0.1) is 18.2 Å². The lowest BCUT2D eigenvalue weighted by Crippen LogP contribution is -2.28. The summed E-state index contributed by atoms with van der Waals surface area (Å²) in [7, 11) is 0. The standard InChI is InChI=1S/C22H20FN3O2/c1-15-19(18-9-17(23)7-8-20(18)26(15)12-21(27)28)11-22(13-24-25-14-22)10-16-5-3-2-4-6-16/h2-9,13-14H,10-12H2,1H3,(H,27,28). The van der Waals surface area contributed by atoms with Crippen LogP contribution < -0.4 is 0 Å². The van der Waals surface area contributed by atoms with Gasteiger partial charge in [-0.3, -0.25) is 4.79 Å². The van der Waals surface area contributed by atoms with Gasteiger partial charge in [-0.05, 0) is 49.1 Å². The molecule has 28 heavy (non-hydrogen) atoms. The second-order valence-corrected chi connectivity index (χ2v) is 7.27. The number of hydrogen-bond acceptors (Lipinski definition) is 3. The Labute approximate surface area is 161 Å². The van der Waals surface area contributed by atoms with Gasteiger partial charge < -0.3 is 9.67 Å². The number of carboxylic acids is 1. The number of nitrogens with zero attached hydrogens (tertiary/aromatic N) is 3. The molecule has 4 rings (SSSR count). The van der Waals surface area contributed by atoms with Gasteiger partial charge in [0, 0.05) is 29.0 Å². The molecular weight excluding hydrogens is 357 g/mol. The molecule has 2 heterocycles. The topological polar surface area (TPSA) is 67.0 Å². The van der Waals surface area contributed by atoms with E-state index in [1.54, 1.807) is 10.6 Å². The van der Waals surface area contributed by atoms with Gasteiger partial charge in [-0.15, -0.1) is 0 Å². The molecule has 142 valence electrons. The summed E-state index contributed by atoms with van der Waals surface area (Å²) >= 11 is 0. The van der Waals surface area contributed by atoms with E-state index in [-0.39, 0.29) is 12.4 Å². The van der Waals surface area contributed by atoms with Gasteiger partial charge in [0.15, 0.2) is 0 Å². The molecule has 0 amide bonds. The van der Waals surface area contributed by atoms with Gasteiger partial charge in [-0.25, -0.2) is 4.39 Å². The van der Waals surface area contributed by atoms with Crippen molar-refractivity contribution in [3.63, 3.8) is 0 Å². The normalized spacial score (nSPS) is 14.8. The van der Waals surface area contributed by atoms with Crippen LogP contribution in [0.1, 0.15) is 16.8 Å². The van der Waals surface area contributed by atoms with E-state index in [1.807, 2.05) is 37.6 Å². The third-order valence-electron chi connectivity index (χ3n) is 5.29. The molecule has 0 atom stereocenters. The fourth-order valence-electron chi connectivity index (χ4n) is 3.97. The predicted molar refractivity (Wildman–Crippen MR) is 108 cm³/mol. The van der Waals surface area contributed by atoms with Crippen LogP contribution in [0.15, 0.2) is 58.7 Å². The second kappa shape index (κ2) is 7.03. The Morgan fingerprint density at radius 2 is 1.82 bits per heavy atom. The van der Waals surface area contributed by atoms with Gasteiger partial charge in [0.25, 0.3) is 0 Å². The minimum absolute atomic E-state index is 0.165. The van der Waals surface area contributed by atoms with Crippen molar-refractivity contribution in [2.24, 2.45) is 15.6 Å². The lowest BCUT2D eigenvalue weighted by atomic mass is 9.78. The monoisotopic (exact) mass is 377 g/mol. The first-order valence-electron chi connectivity index (χ1n) is 9.09. The number of carboxylic acid groups (broad SMARTS) is 1. The van der Waals surface area contributed by atoms with Crippen LogP contribution in [0.5, 0.6) is 0 Å². The van der Waals surface area contributed by atoms with Crippen molar-refractivity contribution in [3.8, 4) is 0 Å². The first-order valence-corrected chi connectivity index (χ1v) is 9.09. The highest BCUT2D eigenvalue weighted by molar-refractivity contribution is 5.95. The minimum atomic E-state index is -0.932. The third kappa shape index (κ3) is 3.33. The molecule has 3 aromatic rings. The number of hydrogen-bond donors (Lipinski definition) is 1. The number of aliphatic carboxylic acids is 1. The minimum Gasteiger partial charge on any atom is -0.480 e. The molecule has 0 radical (unpaired) electrons. The molecular formula is C22H20FN3O2. The molecule has 0 aliphatic carbocycles. The number of benzene rings is 2. The van der Waals surface area contributed by atoms with Gasteiger partial charge >= 0.3 is 5.97 Å². The van der Waals surface area contributed by atoms with Crippen LogP contribution in [0.2, 0.25) is 0 Å². The molecule has 0 fully saturated rings. The largest absolute Gasteiger partial charge is 0.480 e. The summed E-state index contributed by atoms with van der Waals surface area (Å²) in [4.78, 5) is 11.4. The number of aromatic nitrogens is 1. The highest BCUT2D eigenvalue weighted by Gasteiger charge is 2.32. The zero-order valence-electron chi connectivity index (χ0n) is 15.5. The summed E-state index contributed by atoms with van der Waals surface area (Å²) < 4.78 is 15.7. The van der Waals surface area contributed by atoms with Crippen molar-refractivity contribution in [2.75, 3.05) is 0 Å². The van der Waals surface area contributed by atoms with Gasteiger partial charge in [0.2, 0.25) is 0 Å². The third-order valence-corrected chi connectivity index (χ3v) is 5.29. The molecule has 5 nitrogen and oxygen atoms in total. The Bertz CT molecular complexity index is 1090. The molecule has 2 aromatic carbocycles. The maximum absolute atomic E-state index is 14.0. The lowest BCUT2D eigenvalue weighted by molar-refractivity contribution is -0.137. The zero-order valence-corrected chi connectivity index (χ0v) is 15.5. The molecule has 1 aliphatic rings. The Hall–Kier alpha value is -3.28. The summed E-state index contributed by atoms with van der Waals surface area (Å²) in [5.74, 6) is -1.27. The Morgan fingerprint density at radius 3 is 2.50 bits per heavy atom. The van der Waals surface area contributed by atoms with E-state index < -0.39 is 11.4 Å². The molecule has 0 unspecified atom stereocenters. The summed E-state index contributed by atoms with van der Waals surface area (Å²) in [6.07, 6.45) is 4.94. The number of rotatable bonds is 6. The highest BCUT2D eigenvalue weighted by Crippen LogP contribution is 2.34. The number of carbonyl (C=O) groups is 1. The van der Waals surface area contributed by atoms with E-state index in [2.05, 4.69) is 22.3 Å². The molecule has 1 aliphatic heterocycles. The zero-order chi connectivity index (χ0) is 19.7. The molecule has 6 heteroatoms. The van der Waals surface area contributed by atoms with E-state index in [9.17, 15) is 14.3 Å². The quantitative estimate of drug-likeness (QED) is 0.705. The summed E-state index contributed by atoms with van der Waals surface area (Å²) in [5.41, 5.74) is 3.19. The fraction of sp³-hybridized carbons (Fsp3) is 0.227. The maximum atomic E-state index is 14.0. The summed E-state index contributed by atoms with van der Waals surface area (Å²) in [5, 5.41) is 18.2. The summed E-state index contributed by atoms with van der Waals surface area (Å²) in [6, 6.07) is 14.6.